The largest absolute Gasteiger partial charge is 0.316 e. The van der Waals surface area contributed by atoms with Crippen molar-refractivity contribution < 1.29 is 0 Å². The van der Waals surface area contributed by atoms with Gasteiger partial charge in [0.15, 0.2) is 0 Å². The van der Waals surface area contributed by atoms with E-state index in [1.165, 1.54) is 44.2 Å². The standard InChI is InChI=1S/C61H55N3/c1-9-44(6)62(43(4)5)52-35-31-49(32-36-52)60-58(47-23-15-12-16-24-47)56-29-21-22-30-57(56)59(48-25-17-13-18-26-48)61(60)50-33-37-53(38-34-50)64(46(8)11-3)55-41-39-54(40-42-55)63(45(7)10-2)51-27-19-14-20-28-51/h9-11,13-15,17-42H,1-2,4,6-7,12,16H2,3,5,8H3/b46-11+. The maximum Gasteiger partial charge on any atom is 0.0462 e. The molecule has 7 aromatic rings. The molecule has 8 rings (SSSR count). The summed E-state index contributed by atoms with van der Waals surface area (Å²) >= 11 is 0. The first-order valence-electron chi connectivity index (χ1n) is 21.9. The van der Waals surface area contributed by atoms with Gasteiger partial charge in [0.25, 0.3) is 0 Å². The lowest BCUT2D eigenvalue weighted by molar-refractivity contribution is 1.04. The molecule has 0 saturated heterocycles. The third-order valence-electron chi connectivity index (χ3n) is 12.0. The van der Waals surface area contributed by atoms with Crippen LogP contribution in [-0.2, 0) is 0 Å². The molecule has 64 heavy (non-hydrogen) atoms. The number of benzene rings is 7. The Morgan fingerprint density at radius 2 is 0.922 bits per heavy atom. The average molecular weight is 830 g/mol. The van der Waals surface area contributed by atoms with E-state index in [0.29, 0.717) is 0 Å². The Morgan fingerprint density at radius 1 is 0.469 bits per heavy atom. The third-order valence-corrected chi connectivity index (χ3v) is 12.0. The predicted octanol–water partition coefficient (Wildman–Crippen LogP) is 17.5. The highest BCUT2D eigenvalue weighted by Crippen LogP contribution is 2.50. The molecule has 0 heterocycles. The van der Waals surface area contributed by atoms with Crippen LogP contribution < -0.4 is 14.7 Å². The summed E-state index contributed by atoms with van der Waals surface area (Å²) in [6, 6.07) is 56.7. The summed E-state index contributed by atoms with van der Waals surface area (Å²) in [5.74, 6) is 0. The summed E-state index contributed by atoms with van der Waals surface area (Å²) in [5.41, 5.74) is 18.2. The lowest BCUT2D eigenvalue weighted by Crippen LogP contribution is -2.17. The average Bonchev–Trinajstić information content (AvgIpc) is 3.35. The van der Waals surface area contributed by atoms with Crippen molar-refractivity contribution in [3.8, 4) is 33.4 Å². The van der Waals surface area contributed by atoms with Crippen molar-refractivity contribution in [3.05, 3.63) is 255 Å². The van der Waals surface area contributed by atoms with E-state index in [1.54, 1.807) is 12.2 Å². The Kier molecular flexibility index (Phi) is 12.7. The molecule has 1 aliphatic rings. The van der Waals surface area contributed by atoms with E-state index >= 15 is 0 Å². The minimum Gasteiger partial charge on any atom is -0.316 e. The summed E-state index contributed by atoms with van der Waals surface area (Å²) in [4.78, 5) is 6.48. The Balaban J connectivity index is 1.33. The van der Waals surface area contributed by atoms with E-state index < -0.39 is 0 Å². The van der Waals surface area contributed by atoms with Crippen LogP contribution in [0.5, 0.6) is 0 Å². The molecule has 1 aliphatic carbocycles. The van der Waals surface area contributed by atoms with E-state index in [2.05, 4.69) is 220 Å². The van der Waals surface area contributed by atoms with Gasteiger partial charge in [-0.3, -0.25) is 0 Å². The van der Waals surface area contributed by atoms with Crippen molar-refractivity contribution in [2.45, 2.75) is 33.6 Å². The van der Waals surface area contributed by atoms with Crippen molar-refractivity contribution in [2.24, 2.45) is 0 Å². The minimum atomic E-state index is 0.780. The van der Waals surface area contributed by atoms with Crippen molar-refractivity contribution >= 4 is 44.8 Å². The molecule has 0 N–H and O–H groups in total. The number of anilines is 5. The number of para-hydroxylation sites is 1. The zero-order valence-corrected chi connectivity index (χ0v) is 37.3. The number of nitrogens with zero attached hydrogens (tertiary/aromatic N) is 3. The molecule has 0 fully saturated rings. The Hall–Kier alpha value is -7.88. The smallest absolute Gasteiger partial charge is 0.0462 e. The van der Waals surface area contributed by atoms with Crippen LogP contribution in [0.1, 0.15) is 39.2 Å². The van der Waals surface area contributed by atoms with Crippen molar-refractivity contribution in [3.63, 3.8) is 0 Å². The van der Waals surface area contributed by atoms with Gasteiger partial charge in [-0.05, 0) is 162 Å². The zero-order valence-electron chi connectivity index (χ0n) is 37.3. The van der Waals surface area contributed by atoms with Gasteiger partial charge in [0.05, 0.1) is 0 Å². The fraction of sp³-hybridized carbons (Fsp3) is 0.0820. The van der Waals surface area contributed by atoms with Gasteiger partial charge in [-0.2, -0.15) is 0 Å². The van der Waals surface area contributed by atoms with Crippen LogP contribution in [0.4, 0.5) is 28.4 Å². The van der Waals surface area contributed by atoms with E-state index in [1.807, 2.05) is 30.0 Å². The monoisotopic (exact) mass is 829 g/mol. The number of fused-ring (bicyclic) bond motifs is 1. The predicted molar refractivity (Wildman–Crippen MR) is 279 cm³/mol. The van der Waals surface area contributed by atoms with E-state index in [0.717, 1.165) is 75.2 Å². The van der Waals surface area contributed by atoms with Crippen LogP contribution >= 0.6 is 0 Å². The first-order chi connectivity index (χ1) is 31.2. The molecule has 0 unspecified atom stereocenters. The number of hydrogen-bond donors (Lipinski definition) is 0. The molecule has 3 nitrogen and oxygen atoms in total. The van der Waals surface area contributed by atoms with Crippen LogP contribution in [-0.4, -0.2) is 0 Å². The molecule has 0 aliphatic heterocycles. The van der Waals surface area contributed by atoms with Crippen LogP contribution in [0.25, 0.3) is 49.7 Å². The number of rotatable bonds is 15. The Labute approximate surface area is 380 Å². The van der Waals surface area contributed by atoms with Gasteiger partial charge in [-0.1, -0.05) is 154 Å². The van der Waals surface area contributed by atoms with E-state index in [-0.39, 0.29) is 0 Å². The normalized spacial score (nSPS) is 12.3. The fourth-order valence-electron chi connectivity index (χ4n) is 8.88. The molecular weight excluding hydrogens is 775 g/mol. The van der Waals surface area contributed by atoms with Crippen LogP contribution in [0.3, 0.4) is 0 Å². The number of hydrogen-bond acceptors (Lipinski definition) is 3. The first kappa shape index (κ1) is 42.8. The highest BCUT2D eigenvalue weighted by molar-refractivity contribution is 6.16. The molecule has 0 radical (unpaired) electrons. The molecule has 0 bridgehead atoms. The SMILES string of the molecule is C=CC(=C)N(C(=C)C)c1ccc(-c2c(-c3ccc(N(/C(C)=C/C)c4ccc(N(C(=C)C=C)c5ccccc5)cc4)cc3)c(-c3ccccc3)c3ccccc3c2C2=CCCC=C2)cc1. The molecule has 0 amide bonds. The summed E-state index contributed by atoms with van der Waals surface area (Å²) in [5, 5.41) is 2.44. The minimum absolute atomic E-state index is 0.780. The quantitative estimate of drug-likeness (QED) is 0.0953. The third kappa shape index (κ3) is 8.36. The van der Waals surface area contributed by atoms with Crippen LogP contribution in [0.15, 0.2) is 250 Å². The molecule has 3 heteroatoms. The van der Waals surface area contributed by atoms with Crippen molar-refractivity contribution in [1.82, 2.24) is 0 Å². The maximum atomic E-state index is 4.30. The lowest BCUT2D eigenvalue weighted by Gasteiger charge is -2.29. The van der Waals surface area contributed by atoms with Crippen molar-refractivity contribution in [1.29, 1.82) is 0 Å². The number of allylic oxidation sites excluding steroid dienone is 9. The second-order valence-corrected chi connectivity index (χ2v) is 16.1. The van der Waals surface area contributed by atoms with Crippen LogP contribution in [0.2, 0.25) is 0 Å². The van der Waals surface area contributed by atoms with Gasteiger partial charge in [0.2, 0.25) is 0 Å². The Bertz CT molecular complexity index is 2960. The van der Waals surface area contributed by atoms with Gasteiger partial charge < -0.3 is 14.7 Å². The highest BCUT2D eigenvalue weighted by Gasteiger charge is 2.25. The van der Waals surface area contributed by atoms with Crippen molar-refractivity contribution in [2.75, 3.05) is 14.7 Å². The Morgan fingerprint density at radius 3 is 1.44 bits per heavy atom. The van der Waals surface area contributed by atoms with Crippen LogP contribution in [0, 0.1) is 0 Å². The van der Waals surface area contributed by atoms with Gasteiger partial charge in [-0.15, -0.1) is 0 Å². The molecule has 0 atom stereocenters. The van der Waals surface area contributed by atoms with E-state index in [9.17, 15) is 0 Å². The molecular formula is C61H55N3. The summed E-state index contributed by atoms with van der Waals surface area (Å²) < 4.78 is 0. The van der Waals surface area contributed by atoms with Gasteiger partial charge in [0.1, 0.15) is 0 Å². The highest BCUT2D eigenvalue weighted by atomic mass is 15.2. The molecule has 314 valence electrons. The molecule has 0 saturated carbocycles. The van der Waals surface area contributed by atoms with Gasteiger partial charge in [-0.25, -0.2) is 0 Å². The topological polar surface area (TPSA) is 9.72 Å². The molecule has 0 spiro atoms. The first-order valence-corrected chi connectivity index (χ1v) is 21.9. The van der Waals surface area contributed by atoms with Gasteiger partial charge >= 0.3 is 0 Å². The zero-order chi connectivity index (χ0) is 44.7. The van der Waals surface area contributed by atoms with Gasteiger partial charge in [0, 0.05) is 51.2 Å². The second kappa shape index (κ2) is 19.0. The molecule has 7 aromatic carbocycles. The summed E-state index contributed by atoms with van der Waals surface area (Å²) in [6.45, 7) is 27.1. The lowest BCUT2D eigenvalue weighted by atomic mass is 9.78. The second-order valence-electron chi connectivity index (χ2n) is 16.1. The molecule has 0 aromatic heterocycles. The summed E-state index contributed by atoms with van der Waals surface area (Å²) in [6.07, 6.45) is 14.8. The van der Waals surface area contributed by atoms with E-state index in [4.69, 9.17) is 0 Å². The fourth-order valence-corrected chi connectivity index (χ4v) is 8.88. The maximum absolute atomic E-state index is 4.30. The summed E-state index contributed by atoms with van der Waals surface area (Å²) in [7, 11) is 0.